The Kier molecular flexibility index (Phi) is 3.52. The lowest BCUT2D eigenvalue weighted by atomic mass is 10.0. The molecule has 1 aliphatic rings. The Morgan fingerprint density at radius 3 is 2.82 bits per heavy atom. The molecule has 0 unspecified atom stereocenters. The van der Waals surface area contributed by atoms with Crippen LogP contribution in [0.25, 0.3) is 0 Å². The van der Waals surface area contributed by atoms with E-state index < -0.39 is 0 Å². The van der Waals surface area contributed by atoms with Crippen molar-refractivity contribution in [3.63, 3.8) is 0 Å². The molecule has 0 spiro atoms. The number of rotatable bonds is 4. The molecular formula is C13H20N2OS. The Labute approximate surface area is 107 Å². The lowest BCUT2D eigenvalue weighted by Crippen LogP contribution is -2.38. The van der Waals surface area contributed by atoms with Crippen LogP contribution < -0.4 is 4.90 Å². The van der Waals surface area contributed by atoms with Gasteiger partial charge in [-0.1, -0.05) is 24.7 Å². The van der Waals surface area contributed by atoms with Gasteiger partial charge in [0.2, 0.25) is 0 Å². The summed E-state index contributed by atoms with van der Waals surface area (Å²) in [7, 11) is 0. The van der Waals surface area contributed by atoms with Crippen LogP contribution in [-0.4, -0.2) is 23.4 Å². The average molecular weight is 252 g/mol. The summed E-state index contributed by atoms with van der Waals surface area (Å²) in [6, 6.07) is 0. The van der Waals surface area contributed by atoms with Crippen molar-refractivity contribution in [1.29, 1.82) is 0 Å². The summed E-state index contributed by atoms with van der Waals surface area (Å²) in [5.74, 6) is 0. The first-order chi connectivity index (χ1) is 8.08. The number of thiazole rings is 1. The van der Waals surface area contributed by atoms with Crippen molar-refractivity contribution in [2.45, 2.75) is 52.0 Å². The maximum Gasteiger partial charge on any atom is 0.186 e. The summed E-state index contributed by atoms with van der Waals surface area (Å²) >= 11 is 1.55. The maximum atomic E-state index is 11.0. The monoisotopic (exact) mass is 252 g/mol. The molecule has 0 saturated carbocycles. The van der Waals surface area contributed by atoms with E-state index in [1.165, 1.54) is 12.8 Å². The van der Waals surface area contributed by atoms with Gasteiger partial charge in [-0.05, 0) is 33.1 Å². The van der Waals surface area contributed by atoms with Crippen LogP contribution >= 0.6 is 11.3 Å². The summed E-state index contributed by atoms with van der Waals surface area (Å²) in [6.45, 7) is 7.68. The van der Waals surface area contributed by atoms with Crippen LogP contribution in [0.5, 0.6) is 0 Å². The van der Waals surface area contributed by atoms with Crippen LogP contribution in [0.2, 0.25) is 0 Å². The highest BCUT2D eigenvalue weighted by Gasteiger charge is 2.34. The van der Waals surface area contributed by atoms with Crippen molar-refractivity contribution in [3.05, 3.63) is 10.6 Å². The summed E-state index contributed by atoms with van der Waals surface area (Å²) in [6.07, 6.45) is 5.31. The third-order valence-electron chi connectivity index (χ3n) is 3.44. The van der Waals surface area contributed by atoms with Crippen molar-refractivity contribution in [2.24, 2.45) is 0 Å². The first-order valence-corrected chi connectivity index (χ1v) is 7.12. The second kappa shape index (κ2) is 4.77. The topological polar surface area (TPSA) is 33.2 Å². The Morgan fingerprint density at radius 2 is 2.29 bits per heavy atom. The minimum atomic E-state index is 0.182. The Morgan fingerprint density at radius 1 is 1.53 bits per heavy atom. The van der Waals surface area contributed by atoms with Crippen LogP contribution in [0, 0.1) is 0 Å². The molecule has 1 aliphatic heterocycles. The van der Waals surface area contributed by atoms with Gasteiger partial charge in [-0.25, -0.2) is 4.98 Å². The number of hydrogen-bond acceptors (Lipinski definition) is 4. The van der Waals surface area contributed by atoms with Gasteiger partial charge >= 0.3 is 0 Å². The minimum Gasteiger partial charge on any atom is -0.343 e. The first-order valence-electron chi connectivity index (χ1n) is 6.31. The van der Waals surface area contributed by atoms with E-state index in [1.807, 2.05) is 0 Å². The molecule has 0 aliphatic carbocycles. The van der Waals surface area contributed by atoms with E-state index in [1.54, 1.807) is 11.3 Å². The number of carbonyl (C=O) groups excluding carboxylic acids is 1. The van der Waals surface area contributed by atoms with Gasteiger partial charge in [-0.3, -0.25) is 4.79 Å². The van der Waals surface area contributed by atoms with E-state index in [0.717, 1.165) is 41.4 Å². The number of aldehydes is 1. The number of aryl methyl sites for hydroxylation is 1. The van der Waals surface area contributed by atoms with Gasteiger partial charge in [0.1, 0.15) is 0 Å². The average Bonchev–Trinajstić information content (AvgIpc) is 2.81. The molecule has 1 aromatic heterocycles. The van der Waals surface area contributed by atoms with Gasteiger partial charge in [0.25, 0.3) is 0 Å². The van der Waals surface area contributed by atoms with Gasteiger partial charge in [0, 0.05) is 12.1 Å². The summed E-state index contributed by atoms with van der Waals surface area (Å²) in [5.41, 5.74) is 1.16. The number of carbonyl (C=O) groups is 1. The maximum absolute atomic E-state index is 11.0. The lowest BCUT2D eigenvalue weighted by molar-refractivity contribution is 0.112. The summed E-state index contributed by atoms with van der Waals surface area (Å²) < 4.78 is 0. The fourth-order valence-electron chi connectivity index (χ4n) is 2.44. The standard InChI is InChI=1S/C13H20N2OS/c1-4-6-10-11(9-16)17-12(14-10)15-8-5-7-13(15,2)3/h9H,4-8H2,1-3H3. The van der Waals surface area contributed by atoms with Crippen molar-refractivity contribution in [1.82, 2.24) is 4.98 Å². The van der Waals surface area contributed by atoms with Gasteiger partial charge in [-0.2, -0.15) is 0 Å². The SMILES string of the molecule is CCCc1nc(N2CCCC2(C)C)sc1C=O. The molecule has 2 rings (SSSR count). The van der Waals surface area contributed by atoms with Crippen molar-refractivity contribution in [2.75, 3.05) is 11.4 Å². The van der Waals surface area contributed by atoms with Crippen molar-refractivity contribution >= 4 is 22.8 Å². The molecule has 4 heteroatoms. The van der Waals surface area contributed by atoms with Crippen LogP contribution in [0.15, 0.2) is 0 Å². The second-order valence-corrected chi connectivity index (χ2v) is 6.25. The Hall–Kier alpha value is -0.900. The number of nitrogens with zero attached hydrogens (tertiary/aromatic N) is 2. The highest BCUT2D eigenvalue weighted by atomic mass is 32.1. The molecule has 1 aromatic rings. The fourth-order valence-corrected chi connectivity index (χ4v) is 3.55. The molecule has 0 aromatic carbocycles. The molecule has 0 bridgehead atoms. The third-order valence-corrected chi connectivity index (χ3v) is 4.49. The predicted octanol–water partition coefficient (Wildman–Crippen LogP) is 3.29. The van der Waals surface area contributed by atoms with Gasteiger partial charge < -0.3 is 4.90 Å². The number of hydrogen-bond donors (Lipinski definition) is 0. The fraction of sp³-hybridized carbons (Fsp3) is 0.692. The van der Waals surface area contributed by atoms with E-state index in [9.17, 15) is 4.79 Å². The smallest absolute Gasteiger partial charge is 0.186 e. The molecule has 0 atom stereocenters. The Balaban J connectivity index is 2.30. The molecule has 1 fully saturated rings. The summed E-state index contributed by atoms with van der Waals surface area (Å²) in [4.78, 5) is 18.9. The molecule has 3 nitrogen and oxygen atoms in total. The first kappa shape index (κ1) is 12.6. The van der Waals surface area contributed by atoms with Crippen LogP contribution in [0.1, 0.15) is 55.4 Å². The lowest BCUT2D eigenvalue weighted by Gasteiger charge is -2.31. The zero-order valence-corrected chi connectivity index (χ0v) is 11.6. The largest absolute Gasteiger partial charge is 0.343 e. The minimum absolute atomic E-state index is 0.182. The number of anilines is 1. The highest BCUT2D eigenvalue weighted by molar-refractivity contribution is 7.17. The normalized spacial score (nSPS) is 18.6. The van der Waals surface area contributed by atoms with Crippen molar-refractivity contribution < 1.29 is 4.79 Å². The molecule has 0 amide bonds. The van der Waals surface area contributed by atoms with Gasteiger partial charge in [0.05, 0.1) is 10.6 Å². The van der Waals surface area contributed by atoms with Gasteiger partial charge in [-0.15, -0.1) is 0 Å². The Bertz CT molecular complexity index is 412. The van der Waals surface area contributed by atoms with Crippen LogP contribution in [-0.2, 0) is 6.42 Å². The van der Waals surface area contributed by atoms with Crippen molar-refractivity contribution in [3.8, 4) is 0 Å². The second-order valence-electron chi connectivity index (χ2n) is 5.24. The molecule has 94 valence electrons. The molecule has 0 radical (unpaired) electrons. The van der Waals surface area contributed by atoms with E-state index in [2.05, 4.69) is 30.7 Å². The molecule has 17 heavy (non-hydrogen) atoms. The molecule has 1 saturated heterocycles. The zero-order chi connectivity index (χ0) is 12.5. The molecular weight excluding hydrogens is 232 g/mol. The van der Waals surface area contributed by atoms with E-state index >= 15 is 0 Å². The third kappa shape index (κ3) is 2.37. The zero-order valence-electron chi connectivity index (χ0n) is 10.8. The molecule has 0 N–H and O–H groups in total. The van der Waals surface area contributed by atoms with Crippen LogP contribution in [0.3, 0.4) is 0 Å². The number of aromatic nitrogens is 1. The highest BCUT2D eigenvalue weighted by Crippen LogP contribution is 2.36. The van der Waals surface area contributed by atoms with Crippen LogP contribution in [0.4, 0.5) is 5.13 Å². The van der Waals surface area contributed by atoms with E-state index in [-0.39, 0.29) is 5.54 Å². The van der Waals surface area contributed by atoms with Gasteiger partial charge in [0.15, 0.2) is 11.4 Å². The quantitative estimate of drug-likeness (QED) is 0.771. The predicted molar refractivity (Wildman–Crippen MR) is 72.2 cm³/mol. The van der Waals surface area contributed by atoms with E-state index in [0.29, 0.717) is 0 Å². The van der Waals surface area contributed by atoms with E-state index in [4.69, 9.17) is 0 Å². The summed E-state index contributed by atoms with van der Waals surface area (Å²) in [5, 5.41) is 1.03. The molecule has 2 heterocycles.